The van der Waals surface area contributed by atoms with E-state index in [0.29, 0.717) is 30.8 Å². The summed E-state index contributed by atoms with van der Waals surface area (Å²) in [5.41, 5.74) is 0.250. The minimum atomic E-state index is -4.59. The standard InChI is InChI=1S/C22H21F5N6O2/c1-11-7-13(22(25,26)27)9-16(34)17(11)15-8-12(2)33-19(28-15)29-20(30-33)32-5-3-31(4-6-32)18(35)14-10-21(14,23)24/h7-9,14,34H,3-6,10H2,1-2H3. The van der Waals surface area contributed by atoms with Crippen molar-refractivity contribution in [2.45, 2.75) is 32.4 Å². The highest BCUT2D eigenvalue weighted by Crippen LogP contribution is 2.49. The van der Waals surface area contributed by atoms with Gasteiger partial charge in [0.2, 0.25) is 11.9 Å². The molecule has 2 fully saturated rings. The van der Waals surface area contributed by atoms with Crippen LogP contribution in [0.4, 0.5) is 27.9 Å². The minimum Gasteiger partial charge on any atom is -0.507 e. The van der Waals surface area contributed by atoms with Crippen molar-refractivity contribution in [3.63, 3.8) is 0 Å². The number of aryl methyl sites for hydroxylation is 2. The highest BCUT2D eigenvalue weighted by Gasteiger charge is 2.62. The van der Waals surface area contributed by atoms with Gasteiger partial charge in [0.1, 0.15) is 11.7 Å². The number of halogens is 5. The third-order valence-corrected chi connectivity index (χ3v) is 6.38. The molecule has 1 unspecified atom stereocenters. The second-order valence-electron chi connectivity index (χ2n) is 8.92. The summed E-state index contributed by atoms with van der Waals surface area (Å²) in [5, 5.41) is 14.8. The fourth-order valence-corrected chi connectivity index (χ4v) is 4.36. The first-order valence-electron chi connectivity index (χ1n) is 10.9. The summed E-state index contributed by atoms with van der Waals surface area (Å²) in [4.78, 5) is 24.3. The lowest BCUT2D eigenvalue weighted by Crippen LogP contribution is -2.50. The minimum absolute atomic E-state index is 0.164. The SMILES string of the molecule is Cc1cc(C(F)(F)F)cc(O)c1-c1cc(C)n2nc(N3CCN(C(=O)C4CC4(F)F)CC3)nc2n1. The molecule has 3 heterocycles. The number of hydrogen-bond donors (Lipinski definition) is 1. The number of aromatic hydroxyl groups is 1. The molecule has 1 aliphatic heterocycles. The number of rotatable bonds is 3. The first-order chi connectivity index (χ1) is 16.3. The number of piperazine rings is 1. The van der Waals surface area contributed by atoms with Crippen molar-refractivity contribution in [1.82, 2.24) is 24.5 Å². The number of phenolic OH excluding ortho intramolecular Hbond substituents is 1. The van der Waals surface area contributed by atoms with Crippen molar-refractivity contribution < 1.29 is 31.9 Å². The lowest BCUT2D eigenvalue weighted by molar-refractivity contribution is -0.138. The number of hydrogen-bond acceptors (Lipinski definition) is 6. The Hall–Kier alpha value is -3.51. The van der Waals surface area contributed by atoms with E-state index in [1.807, 2.05) is 4.90 Å². The van der Waals surface area contributed by atoms with Crippen LogP contribution in [0.5, 0.6) is 5.75 Å². The number of aromatic nitrogens is 4. The van der Waals surface area contributed by atoms with Gasteiger partial charge < -0.3 is 14.9 Å². The number of amides is 1. The van der Waals surface area contributed by atoms with Crippen molar-refractivity contribution in [2.24, 2.45) is 5.92 Å². The molecule has 3 aromatic rings. The molecule has 0 bridgehead atoms. The van der Waals surface area contributed by atoms with Crippen LogP contribution in [0.3, 0.4) is 0 Å². The molecule has 1 saturated carbocycles. The number of anilines is 1. The molecule has 1 aromatic carbocycles. The van der Waals surface area contributed by atoms with Gasteiger partial charge in [-0.05, 0) is 37.6 Å². The Bertz CT molecular complexity index is 1310. The van der Waals surface area contributed by atoms with Gasteiger partial charge in [-0.3, -0.25) is 4.79 Å². The number of carbonyl (C=O) groups is 1. The van der Waals surface area contributed by atoms with Gasteiger partial charge in [-0.15, -0.1) is 5.10 Å². The number of nitrogens with zero attached hydrogens (tertiary/aromatic N) is 6. The smallest absolute Gasteiger partial charge is 0.416 e. The number of benzene rings is 1. The van der Waals surface area contributed by atoms with Crippen LogP contribution in [0.2, 0.25) is 0 Å². The number of fused-ring (bicyclic) bond motifs is 1. The van der Waals surface area contributed by atoms with Gasteiger partial charge >= 0.3 is 6.18 Å². The van der Waals surface area contributed by atoms with Gasteiger partial charge in [0.25, 0.3) is 11.7 Å². The molecule has 0 spiro atoms. The lowest BCUT2D eigenvalue weighted by Gasteiger charge is -2.34. The maximum Gasteiger partial charge on any atom is 0.416 e. The predicted octanol–water partition coefficient (Wildman–Crippen LogP) is 3.44. The van der Waals surface area contributed by atoms with Gasteiger partial charge in [-0.2, -0.15) is 22.7 Å². The van der Waals surface area contributed by atoms with Gasteiger partial charge in [0.15, 0.2) is 0 Å². The molecule has 1 aliphatic carbocycles. The van der Waals surface area contributed by atoms with Gasteiger partial charge in [0.05, 0.1) is 11.3 Å². The van der Waals surface area contributed by atoms with Crippen molar-refractivity contribution in [1.29, 1.82) is 0 Å². The van der Waals surface area contributed by atoms with Crippen LogP contribution >= 0.6 is 0 Å². The fourth-order valence-electron chi connectivity index (χ4n) is 4.36. The largest absolute Gasteiger partial charge is 0.507 e. The van der Waals surface area contributed by atoms with Crippen molar-refractivity contribution in [2.75, 3.05) is 31.1 Å². The van der Waals surface area contributed by atoms with E-state index in [-0.39, 0.29) is 35.7 Å². The molecule has 1 N–H and O–H groups in total. The summed E-state index contributed by atoms with van der Waals surface area (Å²) in [6.45, 7) is 4.41. The molecule has 1 atom stereocenters. The summed E-state index contributed by atoms with van der Waals surface area (Å²) >= 11 is 0. The summed E-state index contributed by atoms with van der Waals surface area (Å²) in [5.74, 6) is -4.70. The fraction of sp³-hybridized carbons (Fsp3) is 0.455. The van der Waals surface area contributed by atoms with Gasteiger partial charge in [-0.25, -0.2) is 13.8 Å². The molecule has 186 valence electrons. The maximum atomic E-state index is 13.2. The average molecular weight is 496 g/mol. The summed E-state index contributed by atoms with van der Waals surface area (Å²) < 4.78 is 67.1. The van der Waals surface area contributed by atoms with Gasteiger partial charge in [0, 0.05) is 43.9 Å². The molecular formula is C22H21F5N6O2. The number of alkyl halides is 5. The highest BCUT2D eigenvalue weighted by atomic mass is 19.4. The Labute approximate surface area is 196 Å². The third-order valence-electron chi connectivity index (χ3n) is 6.38. The Morgan fingerprint density at radius 3 is 2.31 bits per heavy atom. The van der Waals surface area contributed by atoms with Crippen molar-refractivity contribution in [3.8, 4) is 17.0 Å². The first-order valence-corrected chi connectivity index (χ1v) is 10.9. The molecule has 8 nitrogen and oxygen atoms in total. The van der Waals surface area contributed by atoms with Crippen LogP contribution in [0.15, 0.2) is 18.2 Å². The van der Waals surface area contributed by atoms with Crippen LogP contribution in [0, 0.1) is 19.8 Å². The van der Waals surface area contributed by atoms with E-state index < -0.39 is 41.7 Å². The molecule has 5 rings (SSSR count). The Balaban J connectivity index is 1.39. The topological polar surface area (TPSA) is 86.9 Å². The predicted molar refractivity (Wildman–Crippen MR) is 114 cm³/mol. The van der Waals surface area contributed by atoms with Crippen molar-refractivity contribution >= 4 is 17.6 Å². The molecular weight excluding hydrogens is 475 g/mol. The highest BCUT2D eigenvalue weighted by molar-refractivity contribution is 5.83. The zero-order valence-corrected chi connectivity index (χ0v) is 18.8. The van der Waals surface area contributed by atoms with Crippen molar-refractivity contribution in [3.05, 3.63) is 35.0 Å². The van der Waals surface area contributed by atoms with E-state index in [2.05, 4.69) is 15.1 Å². The van der Waals surface area contributed by atoms with E-state index in [1.165, 1.54) is 16.3 Å². The number of phenols is 1. The molecule has 0 radical (unpaired) electrons. The van der Waals surface area contributed by atoms with Crippen LogP contribution in [-0.2, 0) is 11.0 Å². The van der Waals surface area contributed by atoms with Crippen LogP contribution in [0.25, 0.3) is 17.0 Å². The second kappa shape index (κ2) is 7.75. The quantitative estimate of drug-likeness (QED) is 0.560. The van der Waals surface area contributed by atoms with E-state index in [1.54, 1.807) is 13.0 Å². The first kappa shape index (κ1) is 23.2. The Kier molecular flexibility index (Phi) is 5.15. The molecule has 35 heavy (non-hydrogen) atoms. The Morgan fingerprint density at radius 2 is 1.74 bits per heavy atom. The lowest BCUT2D eigenvalue weighted by atomic mass is 10.00. The average Bonchev–Trinajstić information content (AvgIpc) is 3.20. The second-order valence-corrected chi connectivity index (χ2v) is 8.92. The zero-order valence-electron chi connectivity index (χ0n) is 18.8. The molecule has 13 heteroatoms. The maximum absolute atomic E-state index is 13.2. The van der Waals surface area contributed by atoms with Gasteiger partial charge in [-0.1, -0.05) is 0 Å². The third kappa shape index (κ3) is 4.12. The van der Waals surface area contributed by atoms with E-state index in [9.17, 15) is 31.9 Å². The molecule has 1 saturated heterocycles. The number of carbonyl (C=O) groups excluding carboxylic acids is 1. The summed E-state index contributed by atoms with van der Waals surface area (Å²) in [7, 11) is 0. The molecule has 2 aliphatic rings. The summed E-state index contributed by atoms with van der Waals surface area (Å²) in [6, 6.07) is 3.20. The summed E-state index contributed by atoms with van der Waals surface area (Å²) in [6.07, 6.45) is -4.99. The van der Waals surface area contributed by atoms with E-state index in [0.717, 1.165) is 6.07 Å². The zero-order chi connectivity index (χ0) is 25.3. The van der Waals surface area contributed by atoms with E-state index in [4.69, 9.17) is 0 Å². The van der Waals surface area contributed by atoms with Crippen LogP contribution < -0.4 is 4.90 Å². The molecule has 2 aromatic heterocycles. The Morgan fingerprint density at radius 1 is 1.09 bits per heavy atom. The molecule has 1 amide bonds. The normalized spacial score (nSPS) is 19.9. The van der Waals surface area contributed by atoms with E-state index >= 15 is 0 Å². The van der Waals surface area contributed by atoms with Crippen LogP contribution in [-0.4, -0.2) is 67.6 Å². The van der Waals surface area contributed by atoms with Crippen LogP contribution in [0.1, 0.15) is 23.2 Å². The monoisotopic (exact) mass is 496 g/mol.